The van der Waals surface area contributed by atoms with E-state index < -0.39 is 24.3 Å². The number of benzene rings is 2. The number of amides is 1. The molecule has 0 atom stereocenters. The minimum absolute atomic E-state index is 0.0837. The molecule has 0 fully saturated rings. The van der Waals surface area contributed by atoms with Crippen LogP contribution < -0.4 is 10.1 Å². The van der Waals surface area contributed by atoms with Gasteiger partial charge in [0.2, 0.25) is 0 Å². The predicted molar refractivity (Wildman–Crippen MR) is 88.3 cm³/mol. The van der Waals surface area contributed by atoms with Crippen LogP contribution in [-0.4, -0.2) is 25.6 Å². The van der Waals surface area contributed by atoms with E-state index in [1.165, 1.54) is 43.5 Å². The smallest absolute Gasteiger partial charge is 0.338 e. The van der Waals surface area contributed by atoms with E-state index in [2.05, 4.69) is 5.32 Å². The maximum absolute atomic E-state index is 12.8. The molecule has 0 heterocycles. The van der Waals surface area contributed by atoms with Crippen LogP contribution in [0, 0.1) is 5.82 Å². The van der Waals surface area contributed by atoms with Crippen LogP contribution in [0.4, 0.5) is 10.1 Å². The van der Waals surface area contributed by atoms with Gasteiger partial charge in [-0.1, -0.05) is 23.2 Å². The van der Waals surface area contributed by atoms with Crippen molar-refractivity contribution in [3.63, 3.8) is 0 Å². The van der Waals surface area contributed by atoms with Gasteiger partial charge in [0.15, 0.2) is 12.4 Å². The molecule has 0 saturated heterocycles. The molecule has 2 aromatic carbocycles. The van der Waals surface area contributed by atoms with Crippen LogP contribution in [0.1, 0.15) is 10.4 Å². The Morgan fingerprint density at radius 1 is 1.12 bits per heavy atom. The summed E-state index contributed by atoms with van der Waals surface area (Å²) < 4.78 is 22.6. The lowest BCUT2D eigenvalue weighted by atomic mass is 10.2. The zero-order chi connectivity index (χ0) is 17.7. The van der Waals surface area contributed by atoms with Crippen molar-refractivity contribution >= 4 is 40.8 Å². The Balaban J connectivity index is 1.95. The fourth-order valence-electron chi connectivity index (χ4n) is 1.82. The van der Waals surface area contributed by atoms with E-state index in [1.807, 2.05) is 0 Å². The third-order valence-corrected chi connectivity index (χ3v) is 3.46. The topological polar surface area (TPSA) is 64.6 Å². The molecule has 8 heteroatoms. The van der Waals surface area contributed by atoms with Gasteiger partial charge in [-0.15, -0.1) is 0 Å². The first-order chi connectivity index (χ1) is 11.4. The summed E-state index contributed by atoms with van der Waals surface area (Å²) >= 11 is 11.9. The Hall–Kier alpha value is -2.31. The third-order valence-electron chi connectivity index (χ3n) is 2.90. The van der Waals surface area contributed by atoms with Crippen LogP contribution >= 0.6 is 23.2 Å². The van der Waals surface area contributed by atoms with Crippen molar-refractivity contribution in [2.75, 3.05) is 19.0 Å². The van der Waals surface area contributed by atoms with Gasteiger partial charge in [-0.3, -0.25) is 4.79 Å². The maximum atomic E-state index is 12.8. The number of ether oxygens (including phenoxy) is 2. The number of hydrogen-bond acceptors (Lipinski definition) is 4. The molecule has 1 amide bonds. The average Bonchev–Trinajstić information content (AvgIpc) is 2.54. The van der Waals surface area contributed by atoms with Crippen LogP contribution in [0.5, 0.6) is 5.75 Å². The fraction of sp³-hybridized carbons (Fsp3) is 0.125. The Morgan fingerprint density at radius 2 is 1.71 bits per heavy atom. The number of hydrogen-bond donors (Lipinski definition) is 1. The molecule has 0 saturated carbocycles. The molecule has 2 rings (SSSR count). The molecular weight excluding hydrogens is 360 g/mol. The summed E-state index contributed by atoms with van der Waals surface area (Å²) in [5, 5.41) is 2.75. The first kappa shape index (κ1) is 18.0. The molecule has 0 radical (unpaired) electrons. The van der Waals surface area contributed by atoms with Crippen LogP contribution in [0.2, 0.25) is 10.0 Å². The van der Waals surface area contributed by atoms with E-state index in [9.17, 15) is 14.0 Å². The van der Waals surface area contributed by atoms with Crippen LogP contribution in [0.3, 0.4) is 0 Å². The second kappa shape index (κ2) is 7.99. The van der Waals surface area contributed by atoms with Crippen molar-refractivity contribution in [3.8, 4) is 5.75 Å². The number of halogens is 3. The van der Waals surface area contributed by atoms with E-state index in [4.69, 9.17) is 32.7 Å². The maximum Gasteiger partial charge on any atom is 0.338 e. The fourth-order valence-corrected chi connectivity index (χ4v) is 2.46. The summed E-state index contributed by atoms with van der Waals surface area (Å²) in [7, 11) is 1.39. The van der Waals surface area contributed by atoms with Gasteiger partial charge in [-0.25, -0.2) is 9.18 Å². The molecule has 2 aromatic rings. The first-order valence-electron chi connectivity index (χ1n) is 6.66. The average molecular weight is 372 g/mol. The minimum atomic E-state index is -0.768. The van der Waals surface area contributed by atoms with Crippen LogP contribution in [0.15, 0.2) is 36.4 Å². The zero-order valence-electron chi connectivity index (χ0n) is 12.4. The standard InChI is InChI=1S/C16H12Cl2FNO4/c1-23-15-12(17)6-9(7-13(15)18)16(22)24-8-14(21)20-11-4-2-10(19)3-5-11/h2-7H,8H2,1H3,(H,20,21). The highest BCUT2D eigenvalue weighted by Crippen LogP contribution is 2.33. The van der Waals surface area contributed by atoms with E-state index in [0.717, 1.165) is 0 Å². The molecule has 0 aliphatic rings. The highest BCUT2D eigenvalue weighted by atomic mass is 35.5. The predicted octanol–water partition coefficient (Wildman–Crippen LogP) is 3.94. The van der Waals surface area contributed by atoms with Gasteiger partial charge in [0.1, 0.15) is 5.82 Å². The molecule has 5 nitrogen and oxygen atoms in total. The summed E-state index contributed by atoms with van der Waals surface area (Å²) in [5.41, 5.74) is 0.466. The largest absolute Gasteiger partial charge is 0.494 e. The number of methoxy groups -OCH3 is 1. The Labute approximate surface area is 147 Å². The highest BCUT2D eigenvalue weighted by Gasteiger charge is 2.15. The van der Waals surface area contributed by atoms with Gasteiger partial charge in [0, 0.05) is 5.69 Å². The zero-order valence-corrected chi connectivity index (χ0v) is 13.9. The molecule has 0 unspecified atom stereocenters. The summed E-state index contributed by atoms with van der Waals surface area (Å²) in [6.45, 7) is -0.516. The summed E-state index contributed by atoms with van der Waals surface area (Å²) in [5.74, 6) is -1.52. The van der Waals surface area contributed by atoms with Crippen molar-refractivity contribution in [2.45, 2.75) is 0 Å². The van der Waals surface area contributed by atoms with Gasteiger partial charge >= 0.3 is 5.97 Å². The van der Waals surface area contributed by atoms with Crippen molar-refractivity contribution < 1.29 is 23.5 Å². The van der Waals surface area contributed by atoms with E-state index in [-0.39, 0.29) is 21.4 Å². The second-order valence-corrected chi connectivity index (χ2v) is 5.42. The number of esters is 1. The third kappa shape index (κ3) is 4.59. The van der Waals surface area contributed by atoms with Gasteiger partial charge in [0.05, 0.1) is 22.7 Å². The highest BCUT2D eigenvalue weighted by molar-refractivity contribution is 6.37. The SMILES string of the molecule is COc1c(Cl)cc(C(=O)OCC(=O)Nc2ccc(F)cc2)cc1Cl. The lowest BCUT2D eigenvalue weighted by Crippen LogP contribution is -2.21. The molecule has 0 bridgehead atoms. The first-order valence-corrected chi connectivity index (χ1v) is 7.42. The minimum Gasteiger partial charge on any atom is -0.494 e. The van der Waals surface area contributed by atoms with Crippen molar-refractivity contribution in [1.82, 2.24) is 0 Å². The molecule has 0 aromatic heterocycles. The number of carbonyl (C=O) groups excluding carboxylic acids is 2. The van der Waals surface area contributed by atoms with Gasteiger partial charge in [-0.05, 0) is 36.4 Å². The summed E-state index contributed by atoms with van der Waals surface area (Å²) in [6.07, 6.45) is 0. The van der Waals surface area contributed by atoms with Crippen LogP contribution in [-0.2, 0) is 9.53 Å². The van der Waals surface area contributed by atoms with Crippen molar-refractivity contribution in [2.24, 2.45) is 0 Å². The molecule has 1 N–H and O–H groups in total. The molecule has 0 aliphatic carbocycles. The second-order valence-electron chi connectivity index (χ2n) is 4.60. The normalized spacial score (nSPS) is 10.2. The van der Waals surface area contributed by atoms with Gasteiger partial charge in [-0.2, -0.15) is 0 Å². The van der Waals surface area contributed by atoms with Crippen LogP contribution in [0.25, 0.3) is 0 Å². The van der Waals surface area contributed by atoms with Gasteiger partial charge in [0.25, 0.3) is 5.91 Å². The van der Waals surface area contributed by atoms with E-state index >= 15 is 0 Å². The molecule has 0 spiro atoms. The quantitative estimate of drug-likeness (QED) is 0.808. The van der Waals surface area contributed by atoms with Crippen molar-refractivity contribution in [1.29, 1.82) is 0 Å². The number of rotatable bonds is 5. The molecular formula is C16H12Cl2FNO4. The lowest BCUT2D eigenvalue weighted by Gasteiger charge is -2.09. The number of nitrogens with one attached hydrogen (secondary N) is 1. The number of anilines is 1. The Morgan fingerprint density at radius 3 is 2.25 bits per heavy atom. The summed E-state index contributed by atoms with van der Waals surface area (Å²) in [6, 6.07) is 7.82. The molecule has 0 aliphatic heterocycles. The lowest BCUT2D eigenvalue weighted by molar-refractivity contribution is -0.119. The van der Waals surface area contributed by atoms with E-state index in [0.29, 0.717) is 5.69 Å². The van der Waals surface area contributed by atoms with E-state index in [1.54, 1.807) is 0 Å². The van der Waals surface area contributed by atoms with Crippen molar-refractivity contribution in [3.05, 3.63) is 57.8 Å². The Kier molecular flexibility index (Phi) is 6.00. The molecule has 126 valence electrons. The monoisotopic (exact) mass is 371 g/mol. The summed E-state index contributed by atoms with van der Waals surface area (Å²) in [4.78, 5) is 23.7. The number of carbonyl (C=O) groups is 2. The van der Waals surface area contributed by atoms with Gasteiger partial charge < -0.3 is 14.8 Å². The Bertz CT molecular complexity index is 742. The molecule has 24 heavy (non-hydrogen) atoms.